The fourth-order valence-corrected chi connectivity index (χ4v) is 3.35. The van der Waals surface area contributed by atoms with Gasteiger partial charge in [-0.15, -0.1) is 11.3 Å². The Balaban J connectivity index is 1.90. The highest BCUT2D eigenvalue weighted by Crippen LogP contribution is 2.29. The first kappa shape index (κ1) is 12.1. The molecule has 1 fully saturated rings. The maximum Gasteiger partial charge on any atom is 0.0580 e. The van der Waals surface area contributed by atoms with E-state index in [0.717, 1.165) is 13.0 Å². The van der Waals surface area contributed by atoms with Crippen molar-refractivity contribution in [1.29, 1.82) is 0 Å². The van der Waals surface area contributed by atoms with Crippen molar-refractivity contribution in [1.82, 2.24) is 4.90 Å². The summed E-state index contributed by atoms with van der Waals surface area (Å²) in [7, 11) is 2.16. The molecule has 1 aliphatic carbocycles. The predicted molar refractivity (Wildman–Crippen MR) is 68.7 cm³/mol. The van der Waals surface area contributed by atoms with Gasteiger partial charge in [-0.1, -0.05) is 12.5 Å². The normalized spacial score (nSPS) is 27.5. The van der Waals surface area contributed by atoms with Crippen molar-refractivity contribution in [2.75, 3.05) is 13.6 Å². The van der Waals surface area contributed by atoms with Crippen LogP contribution in [0.15, 0.2) is 17.5 Å². The monoisotopic (exact) mass is 239 g/mol. The quantitative estimate of drug-likeness (QED) is 0.873. The third-order valence-electron chi connectivity index (χ3n) is 3.76. The summed E-state index contributed by atoms with van der Waals surface area (Å²) in [6.45, 7) is 3.26. The predicted octanol–water partition coefficient (Wildman–Crippen LogP) is 2.90. The van der Waals surface area contributed by atoms with Crippen LogP contribution in [-0.2, 0) is 0 Å². The highest BCUT2D eigenvalue weighted by atomic mass is 32.1. The lowest BCUT2D eigenvalue weighted by Crippen LogP contribution is -2.31. The van der Waals surface area contributed by atoms with Crippen molar-refractivity contribution in [3.05, 3.63) is 22.4 Å². The van der Waals surface area contributed by atoms with Gasteiger partial charge in [-0.25, -0.2) is 0 Å². The van der Waals surface area contributed by atoms with Gasteiger partial charge < -0.3 is 5.11 Å². The first-order valence-electron chi connectivity index (χ1n) is 6.10. The van der Waals surface area contributed by atoms with Gasteiger partial charge in [0.1, 0.15) is 0 Å². The molecule has 0 amide bonds. The molecule has 2 rings (SSSR count). The lowest BCUT2D eigenvalue weighted by Gasteiger charge is -2.28. The second-order valence-electron chi connectivity index (χ2n) is 4.89. The van der Waals surface area contributed by atoms with Crippen LogP contribution in [0.3, 0.4) is 0 Å². The molecule has 0 bridgehead atoms. The Bertz CT molecular complexity index is 312. The van der Waals surface area contributed by atoms with E-state index >= 15 is 0 Å². The molecule has 3 unspecified atom stereocenters. The van der Waals surface area contributed by atoms with Crippen LogP contribution in [0.1, 0.15) is 37.1 Å². The Labute approximate surface area is 102 Å². The number of hydrogen-bond donors (Lipinski definition) is 1. The summed E-state index contributed by atoms with van der Waals surface area (Å²) >= 11 is 1.81. The highest BCUT2D eigenvalue weighted by Gasteiger charge is 2.27. The smallest absolute Gasteiger partial charge is 0.0580 e. The van der Waals surface area contributed by atoms with Crippen molar-refractivity contribution in [3.8, 4) is 0 Å². The molecule has 3 heteroatoms. The molecule has 1 aromatic rings. The first-order valence-corrected chi connectivity index (χ1v) is 6.98. The van der Waals surface area contributed by atoms with Gasteiger partial charge in [-0.3, -0.25) is 4.90 Å². The average Bonchev–Trinajstić information content (AvgIpc) is 2.89. The molecule has 0 radical (unpaired) electrons. The average molecular weight is 239 g/mol. The summed E-state index contributed by atoms with van der Waals surface area (Å²) in [5.41, 5.74) is 0. The fraction of sp³-hybridized carbons (Fsp3) is 0.692. The van der Waals surface area contributed by atoms with Crippen LogP contribution in [0.5, 0.6) is 0 Å². The zero-order valence-electron chi connectivity index (χ0n) is 10.1. The number of rotatable bonds is 4. The molecule has 0 aromatic carbocycles. The zero-order valence-corrected chi connectivity index (χ0v) is 10.9. The van der Waals surface area contributed by atoms with Crippen molar-refractivity contribution < 1.29 is 5.11 Å². The fourth-order valence-electron chi connectivity index (χ4n) is 2.50. The molecule has 16 heavy (non-hydrogen) atoms. The topological polar surface area (TPSA) is 23.5 Å². The maximum atomic E-state index is 9.83. The number of aliphatic hydroxyl groups is 1. The Kier molecular flexibility index (Phi) is 4.00. The van der Waals surface area contributed by atoms with Gasteiger partial charge in [0, 0.05) is 17.5 Å². The third-order valence-corrected chi connectivity index (χ3v) is 4.80. The third kappa shape index (κ3) is 2.65. The molecule has 1 aromatic heterocycles. The van der Waals surface area contributed by atoms with E-state index in [1.807, 2.05) is 11.3 Å². The van der Waals surface area contributed by atoms with Gasteiger partial charge in [-0.2, -0.15) is 0 Å². The second kappa shape index (κ2) is 5.30. The van der Waals surface area contributed by atoms with Gasteiger partial charge in [-0.05, 0) is 44.2 Å². The lowest BCUT2D eigenvalue weighted by molar-refractivity contribution is 0.0995. The minimum Gasteiger partial charge on any atom is -0.393 e. The Morgan fingerprint density at radius 2 is 2.38 bits per heavy atom. The van der Waals surface area contributed by atoms with E-state index in [-0.39, 0.29) is 6.10 Å². The molecule has 1 N–H and O–H groups in total. The van der Waals surface area contributed by atoms with Crippen LogP contribution in [-0.4, -0.2) is 29.7 Å². The Morgan fingerprint density at radius 1 is 1.56 bits per heavy atom. The number of hydrogen-bond acceptors (Lipinski definition) is 3. The van der Waals surface area contributed by atoms with Crippen LogP contribution < -0.4 is 0 Å². The van der Waals surface area contributed by atoms with Crippen molar-refractivity contribution in [3.63, 3.8) is 0 Å². The molecule has 1 aliphatic rings. The SMILES string of the molecule is CC(c1cccs1)N(C)CC1CCCC1O. The first-order chi connectivity index (χ1) is 7.68. The molecule has 0 spiro atoms. The lowest BCUT2D eigenvalue weighted by atomic mass is 10.0. The standard InChI is InChI=1S/C13H21NOS/c1-10(13-7-4-8-16-13)14(2)9-11-5-3-6-12(11)15/h4,7-8,10-12,15H,3,5-6,9H2,1-2H3. The van der Waals surface area contributed by atoms with Crippen LogP contribution in [0, 0.1) is 5.92 Å². The van der Waals surface area contributed by atoms with Crippen molar-refractivity contribution in [2.24, 2.45) is 5.92 Å². The van der Waals surface area contributed by atoms with Gasteiger partial charge >= 0.3 is 0 Å². The molecule has 2 nitrogen and oxygen atoms in total. The molecular weight excluding hydrogens is 218 g/mol. The second-order valence-corrected chi connectivity index (χ2v) is 5.87. The largest absolute Gasteiger partial charge is 0.393 e. The number of nitrogens with zero attached hydrogens (tertiary/aromatic N) is 1. The highest BCUT2D eigenvalue weighted by molar-refractivity contribution is 7.10. The van der Waals surface area contributed by atoms with Gasteiger partial charge in [0.05, 0.1) is 6.10 Å². The van der Waals surface area contributed by atoms with Gasteiger partial charge in [0.25, 0.3) is 0 Å². The van der Waals surface area contributed by atoms with Crippen molar-refractivity contribution in [2.45, 2.75) is 38.3 Å². The van der Waals surface area contributed by atoms with E-state index in [4.69, 9.17) is 0 Å². The number of aliphatic hydroxyl groups excluding tert-OH is 1. The van der Waals surface area contributed by atoms with E-state index in [0.29, 0.717) is 12.0 Å². The van der Waals surface area contributed by atoms with Crippen LogP contribution >= 0.6 is 11.3 Å². The summed E-state index contributed by atoms with van der Waals surface area (Å²) in [4.78, 5) is 3.78. The van der Waals surface area contributed by atoms with Crippen LogP contribution in [0.25, 0.3) is 0 Å². The summed E-state index contributed by atoms with van der Waals surface area (Å²) in [6.07, 6.45) is 3.29. The summed E-state index contributed by atoms with van der Waals surface area (Å²) in [5, 5.41) is 12.0. The van der Waals surface area contributed by atoms with E-state index in [2.05, 4.69) is 36.4 Å². The van der Waals surface area contributed by atoms with E-state index in [1.54, 1.807) is 0 Å². The maximum absolute atomic E-state index is 9.83. The zero-order chi connectivity index (χ0) is 11.5. The van der Waals surface area contributed by atoms with Gasteiger partial charge in [0.2, 0.25) is 0 Å². The molecular formula is C13H21NOS. The van der Waals surface area contributed by atoms with E-state index in [9.17, 15) is 5.11 Å². The molecule has 0 saturated heterocycles. The molecule has 90 valence electrons. The Morgan fingerprint density at radius 3 is 2.94 bits per heavy atom. The van der Waals surface area contributed by atoms with Gasteiger partial charge in [0.15, 0.2) is 0 Å². The Hall–Kier alpha value is -0.380. The van der Waals surface area contributed by atoms with Crippen LogP contribution in [0.4, 0.5) is 0 Å². The summed E-state index contributed by atoms with van der Waals surface area (Å²) in [5.74, 6) is 0.479. The molecule has 0 aliphatic heterocycles. The van der Waals surface area contributed by atoms with Crippen LogP contribution in [0.2, 0.25) is 0 Å². The van der Waals surface area contributed by atoms with E-state index < -0.39 is 0 Å². The summed E-state index contributed by atoms with van der Waals surface area (Å²) in [6, 6.07) is 4.76. The van der Waals surface area contributed by atoms with E-state index in [1.165, 1.54) is 17.7 Å². The minimum atomic E-state index is -0.0713. The molecule has 3 atom stereocenters. The molecule has 1 heterocycles. The minimum absolute atomic E-state index is 0.0713. The molecule has 1 saturated carbocycles. The summed E-state index contributed by atoms with van der Waals surface area (Å²) < 4.78 is 0. The number of thiophene rings is 1. The van der Waals surface area contributed by atoms with Crippen molar-refractivity contribution >= 4 is 11.3 Å².